The maximum Gasteiger partial charge on any atom is 0.239 e. The maximum atomic E-state index is 13.0. The van der Waals surface area contributed by atoms with Crippen molar-refractivity contribution in [3.8, 4) is 0 Å². The summed E-state index contributed by atoms with van der Waals surface area (Å²) < 4.78 is 5.76. The van der Waals surface area contributed by atoms with Gasteiger partial charge in [0, 0.05) is 24.2 Å². The number of Topliss-reactive ketones (excluding diaryl/α,β-unsaturated/α-hetero) is 1. The molecule has 2 N–H and O–H groups in total. The molecule has 0 saturated carbocycles. The van der Waals surface area contributed by atoms with E-state index in [4.69, 9.17) is 4.42 Å². The van der Waals surface area contributed by atoms with Crippen LogP contribution in [0.2, 0.25) is 0 Å². The van der Waals surface area contributed by atoms with Gasteiger partial charge in [0.05, 0.1) is 24.2 Å². The minimum atomic E-state index is -0.436. The maximum absolute atomic E-state index is 13.0. The average Bonchev–Trinajstić information content (AvgIpc) is 3.18. The highest BCUT2D eigenvalue weighted by Crippen LogP contribution is 2.44. The Morgan fingerprint density at radius 3 is 2.83 bits per heavy atom. The summed E-state index contributed by atoms with van der Waals surface area (Å²) >= 11 is 0. The molecule has 0 radical (unpaired) electrons. The highest BCUT2D eigenvalue weighted by Gasteiger charge is 2.38. The highest BCUT2D eigenvalue weighted by atomic mass is 16.3. The zero-order chi connectivity index (χ0) is 20.4. The molecular weight excluding hydrogens is 366 g/mol. The van der Waals surface area contributed by atoms with E-state index in [1.54, 1.807) is 6.26 Å². The summed E-state index contributed by atoms with van der Waals surface area (Å²) in [6, 6.07) is 11.1. The van der Waals surface area contributed by atoms with E-state index in [1.165, 1.54) is 0 Å². The van der Waals surface area contributed by atoms with Crippen LogP contribution < -0.4 is 15.5 Å². The van der Waals surface area contributed by atoms with Gasteiger partial charge in [-0.05, 0) is 43.0 Å². The number of amides is 1. The Balaban J connectivity index is 1.81. The number of benzene rings is 1. The number of ketones is 1. The highest BCUT2D eigenvalue weighted by molar-refractivity contribution is 6.01. The van der Waals surface area contributed by atoms with Crippen molar-refractivity contribution in [3.63, 3.8) is 0 Å². The van der Waals surface area contributed by atoms with Crippen molar-refractivity contribution < 1.29 is 14.0 Å². The molecule has 1 aliphatic heterocycles. The molecule has 6 heteroatoms. The number of carbonyl (C=O) groups excluding carboxylic acids is 2. The Morgan fingerprint density at radius 2 is 2.07 bits per heavy atom. The predicted molar refractivity (Wildman–Crippen MR) is 113 cm³/mol. The molecule has 1 aliphatic carbocycles. The van der Waals surface area contributed by atoms with E-state index >= 15 is 0 Å². The van der Waals surface area contributed by atoms with Crippen molar-refractivity contribution in [2.24, 2.45) is 5.92 Å². The fourth-order valence-electron chi connectivity index (χ4n) is 4.05. The Bertz CT molecular complexity index is 931. The van der Waals surface area contributed by atoms with Crippen LogP contribution in [-0.2, 0) is 9.59 Å². The summed E-state index contributed by atoms with van der Waals surface area (Å²) in [7, 11) is 0. The zero-order valence-corrected chi connectivity index (χ0v) is 16.9. The van der Waals surface area contributed by atoms with Gasteiger partial charge < -0.3 is 20.0 Å². The molecular formula is C23H27N3O3. The molecule has 0 spiro atoms. The lowest BCUT2D eigenvalue weighted by Gasteiger charge is -2.33. The average molecular weight is 393 g/mol. The Labute approximate surface area is 171 Å². The lowest BCUT2D eigenvalue weighted by Crippen LogP contribution is -2.42. The van der Waals surface area contributed by atoms with Gasteiger partial charge in [-0.3, -0.25) is 9.59 Å². The topological polar surface area (TPSA) is 74.6 Å². The van der Waals surface area contributed by atoms with Gasteiger partial charge in [0.25, 0.3) is 0 Å². The van der Waals surface area contributed by atoms with E-state index in [9.17, 15) is 9.59 Å². The van der Waals surface area contributed by atoms with E-state index in [-0.39, 0.29) is 18.2 Å². The van der Waals surface area contributed by atoms with Crippen molar-refractivity contribution in [1.29, 1.82) is 0 Å². The number of nitrogens with zero attached hydrogens (tertiary/aromatic N) is 1. The summed E-state index contributed by atoms with van der Waals surface area (Å²) in [5.41, 5.74) is 3.43. The van der Waals surface area contributed by atoms with Gasteiger partial charge in [0.1, 0.15) is 11.8 Å². The van der Waals surface area contributed by atoms with Crippen LogP contribution in [0.3, 0.4) is 0 Å². The normalized spacial score (nSPS) is 18.8. The standard InChI is InChI=1S/C23H27N3O3/c1-15(2)13-24-21(28)14-26-18-9-4-3-7-16(18)25-17-8-5-10-19(27)22(17)23(26)20-11-6-12-29-20/h3-4,6-7,9,11-12,15,23,25H,5,8,10,13-14H2,1-2H3,(H,24,28)/t23-/m0/s1. The number of para-hydroxylation sites is 2. The molecule has 0 bridgehead atoms. The Morgan fingerprint density at radius 1 is 1.24 bits per heavy atom. The van der Waals surface area contributed by atoms with Gasteiger partial charge in [0.2, 0.25) is 5.91 Å². The number of fused-ring (bicyclic) bond motifs is 1. The summed E-state index contributed by atoms with van der Waals surface area (Å²) in [6.07, 6.45) is 3.76. The molecule has 1 atom stereocenters. The summed E-state index contributed by atoms with van der Waals surface area (Å²) in [5.74, 6) is 1.08. The first-order chi connectivity index (χ1) is 14.0. The SMILES string of the molecule is CC(C)CNC(=O)CN1c2ccccc2NC2=C(C(=O)CCC2)[C@@H]1c1ccco1. The second-order valence-electron chi connectivity index (χ2n) is 8.05. The second-order valence-corrected chi connectivity index (χ2v) is 8.05. The molecule has 6 nitrogen and oxygen atoms in total. The monoisotopic (exact) mass is 393 g/mol. The predicted octanol–water partition coefficient (Wildman–Crippen LogP) is 4.03. The van der Waals surface area contributed by atoms with E-state index < -0.39 is 6.04 Å². The summed E-state index contributed by atoms with van der Waals surface area (Å²) in [5, 5.41) is 6.48. The molecule has 4 rings (SSSR count). The smallest absolute Gasteiger partial charge is 0.239 e. The van der Waals surface area contributed by atoms with Gasteiger partial charge >= 0.3 is 0 Å². The lowest BCUT2D eigenvalue weighted by molar-refractivity contribution is -0.120. The number of hydrogen-bond acceptors (Lipinski definition) is 5. The Kier molecular flexibility index (Phi) is 5.43. The second kappa shape index (κ2) is 8.15. The molecule has 2 aromatic rings. The fourth-order valence-corrected chi connectivity index (χ4v) is 4.05. The lowest BCUT2D eigenvalue weighted by atomic mass is 9.88. The van der Waals surface area contributed by atoms with Crippen LogP contribution in [0.4, 0.5) is 11.4 Å². The molecule has 29 heavy (non-hydrogen) atoms. The first-order valence-corrected chi connectivity index (χ1v) is 10.2. The van der Waals surface area contributed by atoms with Crippen LogP contribution in [0.1, 0.15) is 44.9 Å². The number of carbonyl (C=O) groups is 2. The molecule has 0 saturated heterocycles. The van der Waals surface area contributed by atoms with Crippen LogP contribution in [0.25, 0.3) is 0 Å². The largest absolute Gasteiger partial charge is 0.467 e. The number of anilines is 2. The molecule has 152 valence electrons. The Hall–Kier alpha value is -3.02. The van der Waals surface area contributed by atoms with Crippen LogP contribution >= 0.6 is 0 Å². The number of nitrogens with one attached hydrogen (secondary N) is 2. The zero-order valence-electron chi connectivity index (χ0n) is 16.9. The third kappa shape index (κ3) is 3.92. The van der Waals surface area contributed by atoms with Gasteiger partial charge in [-0.1, -0.05) is 26.0 Å². The van der Waals surface area contributed by atoms with Crippen LogP contribution in [-0.4, -0.2) is 24.8 Å². The van der Waals surface area contributed by atoms with Gasteiger partial charge in [-0.15, -0.1) is 0 Å². The van der Waals surface area contributed by atoms with Crippen molar-refractivity contribution in [2.75, 3.05) is 23.3 Å². The molecule has 0 unspecified atom stereocenters. The van der Waals surface area contributed by atoms with Crippen LogP contribution in [0, 0.1) is 5.92 Å². The molecule has 1 amide bonds. The van der Waals surface area contributed by atoms with E-state index in [1.807, 2.05) is 41.3 Å². The van der Waals surface area contributed by atoms with Crippen LogP contribution in [0.15, 0.2) is 58.3 Å². The van der Waals surface area contributed by atoms with Gasteiger partial charge in [-0.25, -0.2) is 0 Å². The minimum absolute atomic E-state index is 0.0719. The number of rotatable bonds is 5. The number of furan rings is 1. The molecule has 1 aromatic carbocycles. The molecule has 2 aliphatic rings. The fraction of sp³-hybridized carbons (Fsp3) is 0.391. The quantitative estimate of drug-likeness (QED) is 0.802. The first kappa shape index (κ1) is 19.3. The third-order valence-electron chi connectivity index (χ3n) is 5.37. The summed E-state index contributed by atoms with van der Waals surface area (Å²) in [4.78, 5) is 27.8. The third-order valence-corrected chi connectivity index (χ3v) is 5.37. The van der Waals surface area contributed by atoms with Crippen molar-refractivity contribution in [2.45, 2.75) is 39.2 Å². The van der Waals surface area contributed by atoms with E-state index in [0.29, 0.717) is 30.2 Å². The van der Waals surface area contributed by atoms with Gasteiger partial charge in [0.15, 0.2) is 5.78 Å². The van der Waals surface area contributed by atoms with Crippen molar-refractivity contribution >= 4 is 23.1 Å². The van der Waals surface area contributed by atoms with Crippen molar-refractivity contribution in [1.82, 2.24) is 5.32 Å². The number of hydrogen-bond donors (Lipinski definition) is 2. The molecule has 0 fully saturated rings. The van der Waals surface area contributed by atoms with Gasteiger partial charge in [-0.2, -0.15) is 0 Å². The van der Waals surface area contributed by atoms with Crippen molar-refractivity contribution in [3.05, 3.63) is 59.7 Å². The van der Waals surface area contributed by atoms with E-state index in [0.717, 1.165) is 29.9 Å². The first-order valence-electron chi connectivity index (χ1n) is 10.2. The number of allylic oxidation sites excluding steroid dienone is 1. The summed E-state index contributed by atoms with van der Waals surface area (Å²) in [6.45, 7) is 4.88. The minimum Gasteiger partial charge on any atom is -0.467 e. The molecule has 2 heterocycles. The molecule has 1 aromatic heterocycles. The van der Waals surface area contributed by atoms with E-state index in [2.05, 4.69) is 24.5 Å². The van der Waals surface area contributed by atoms with Crippen LogP contribution in [0.5, 0.6) is 0 Å².